The van der Waals surface area contributed by atoms with E-state index < -0.39 is 39.2 Å². The van der Waals surface area contributed by atoms with Crippen molar-refractivity contribution in [1.82, 2.24) is 10.2 Å². The molecule has 2 heterocycles. The molecule has 0 aromatic heterocycles. The van der Waals surface area contributed by atoms with Gasteiger partial charge in [-0.05, 0) is 12.8 Å². The Labute approximate surface area is 116 Å². The van der Waals surface area contributed by atoms with Gasteiger partial charge < -0.3 is 20.4 Å². The lowest BCUT2D eigenvalue weighted by molar-refractivity contribution is -0.141. The number of hydrogen-bond acceptors (Lipinski definition) is 5. The number of amides is 2. The Hall–Kier alpha value is -1.35. The summed E-state index contributed by atoms with van der Waals surface area (Å²) in [7, 11) is -3.15. The molecule has 114 valence electrons. The molecular weight excluding hydrogens is 288 g/mol. The number of aliphatic hydroxyl groups excluding tert-OH is 1. The minimum atomic E-state index is -3.15. The van der Waals surface area contributed by atoms with E-state index in [-0.39, 0.29) is 25.3 Å². The van der Waals surface area contributed by atoms with Gasteiger partial charge in [-0.1, -0.05) is 0 Å². The van der Waals surface area contributed by atoms with Crippen molar-refractivity contribution < 1.29 is 28.2 Å². The molecule has 3 atom stereocenters. The van der Waals surface area contributed by atoms with Gasteiger partial charge in [0.15, 0.2) is 9.84 Å². The van der Waals surface area contributed by atoms with Crippen LogP contribution >= 0.6 is 0 Å². The number of urea groups is 1. The molecule has 9 heteroatoms. The number of aliphatic carboxylic acids is 1. The molecule has 0 radical (unpaired) electrons. The average molecular weight is 306 g/mol. The third-order valence-electron chi connectivity index (χ3n) is 3.77. The van der Waals surface area contributed by atoms with Gasteiger partial charge in [-0.3, -0.25) is 0 Å². The molecule has 0 spiro atoms. The zero-order chi connectivity index (χ0) is 14.9. The monoisotopic (exact) mass is 306 g/mol. The van der Waals surface area contributed by atoms with Crippen LogP contribution in [0.15, 0.2) is 0 Å². The molecule has 0 saturated carbocycles. The number of carbonyl (C=O) groups excluding carboxylic acids is 1. The third-order valence-corrected chi connectivity index (χ3v) is 6.04. The maximum absolute atomic E-state index is 11.9. The maximum atomic E-state index is 11.9. The van der Waals surface area contributed by atoms with Crippen LogP contribution in [-0.4, -0.2) is 71.8 Å². The first-order valence-electron chi connectivity index (χ1n) is 6.48. The molecule has 2 aliphatic rings. The maximum Gasteiger partial charge on any atom is 0.326 e. The highest BCUT2D eigenvalue weighted by Gasteiger charge is 2.39. The molecule has 3 N–H and O–H groups in total. The van der Waals surface area contributed by atoms with Crippen LogP contribution in [0.25, 0.3) is 0 Å². The summed E-state index contributed by atoms with van der Waals surface area (Å²) >= 11 is 0. The van der Waals surface area contributed by atoms with Crippen molar-refractivity contribution in [2.24, 2.45) is 0 Å². The van der Waals surface area contributed by atoms with E-state index in [2.05, 4.69) is 5.32 Å². The Morgan fingerprint density at radius 1 is 1.35 bits per heavy atom. The second kappa shape index (κ2) is 5.57. The van der Waals surface area contributed by atoms with Gasteiger partial charge in [0.05, 0.1) is 17.1 Å². The van der Waals surface area contributed by atoms with Crippen molar-refractivity contribution in [1.29, 1.82) is 0 Å². The predicted molar refractivity (Wildman–Crippen MR) is 69.0 cm³/mol. The van der Waals surface area contributed by atoms with Crippen LogP contribution in [-0.2, 0) is 14.6 Å². The molecule has 0 aromatic rings. The van der Waals surface area contributed by atoms with Crippen molar-refractivity contribution in [2.45, 2.75) is 36.7 Å². The molecule has 8 nitrogen and oxygen atoms in total. The topological polar surface area (TPSA) is 124 Å². The summed E-state index contributed by atoms with van der Waals surface area (Å²) in [5.74, 6) is -1.04. The number of nitrogens with zero attached hydrogens (tertiary/aromatic N) is 1. The van der Waals surface area contributed by atoms with Gasteiger partial charge >= 0.3 is 12.0 Å². The van der Waals surface area contributed by atoms with Gasteiger partial charge in [0, 0.05) is 19.5 Å². The molecule has 2 rings (SSSR count). The lowest BCUT2D eigenvalue weighted by atomic mass is 10.2. The standard InChI is InChI=1S/C11H18N2O6S/c14-7-4-9(10(15)16)13(6-7)11(17)12-5-8-2-1-3-20(8,18)19/h7-9,14H,1-6H2,(H,12,17)(H,15,16)/t7-,8?,9-/m0/s1. The summed E-state index contributed by atoms with van der Waals surface area (Å²) in [6.45, 7) is -0.0691. The Morgan fingerprint density at radius 2 is 2.05 bits per heavy atom. The molecular formula is C11H18N2O6S. The molecule has 0 aromatic carbocycles. The summed E-state index contributed by atoms with van der Waals surface area (Å²) in [5, 5.41) is 20.3. The largest absolute Gasteiger partial charge is 0.480 e. The van der Waals surface area contributed by atoms with Crippen LogP contribution < -0.4 is 5.32 Å². The van der Waals surface area contributed by atoms with Crippen molar-refractivity contribution in [3.05, 3.63) is 0 Å². The van der Waals surface area contributed by atoms with Gasteiger partial charge in [-0.2, -0.15) is 0 Å². The fourth-order valence-corrected chi connectivity index (χ4v) is 4.43. The number of carbonyl (C=O) groups is 2. The van der Waals surface area contributed by atoms with Gasteiger partial charge in [0.2, 0.25) is 0 Å². The highest BCUT2D eigenvalue weighted by atomic mass is 32.2. The molecule has 0 bridgehead atoms. The molecule has 20 heavy (non-hydrogen) atoms. The number of β-amino-alcohol motifs (C(OH)–C–C–N with tert-alkyl or cyclic N) is 1. The van der Waals surface area contributed by atoms with Crippen molar-refractivity contribution in [2.75, 3.05) is 18.8 Å². The first-order chi connectivity index (χ1) is 9.31. The molecule has 2 saturated heterocycles. The zero-order valence-corrected chi connectivity index (χ0v) is 11.7. The number of aliphatic hydroxyl groups is 1. The summed E-state index contributed by atoms with van der Waals surface area (Å²) in [5.41, 5.74) is 0. The second-order valence-electron chi connectivity index (χ2n) is 5.21. The first-order valence-corrected chi connectivity index (χ1v) is 8.19. The van der Waals surface area contributed by atoms with E-state index in [0.717, 1.165) is 4.90 Å². The van der Waals surface area contributed by atoms with Crippen LogP contribution in [0.4, 0.5) is 4.79 Å². The number of hydrogen-bond donors (Lipinski definition) is 3. The Morgan fingerprint density at radius 3 is 2.60 bits per heavy atom. The number of carboxylic acids is 1. The van der Waals surface area contributed by atoms with E-state index in [1.807, 2.05) is 0 Å². The van der Waals surface area contributed by atoms with Crippen molar-refractivity contribution in [3.63, 3.8) is 0 Å². The highest BCUT2D eigenvalue weighted by molar-refractivity contribution is 7.92. The minimum absolute atomic E-state index is 0.00944. The second-order valence-corrected chi connectivity index (χ2v) is 7.61. The number of nitrogens with one attached hydrogen (secondary N) is 1. The molecule has 2 fully saturated rings. The lowest BCUT2D eigenvalue weighted by Crippen LogP contribution is -2.48. The quantitative estimate of drug-likeness (QED) is 0.601. The predicted octanol–water partition coefficient (Wildman–Crippen LogP) is -1.21. The van der Waals surface area contributed by atoms with E-state index in [1.165, 1.54) is 0 Å². The number of carboxylic acid groups (broad SMARTS) is 1. The summed E-state index contributed by atoms with van der Waals surface area (Å²) in [6.07, 6.45) is 0.221. The van der Waals surface area contributed by atoms with E-state index in [4.69, 9.17) is 5.11 Å². The highest BCUT2D eigenvalue weighted by Crippen LogP contribution is 2.20. The normalized spacial score (nSPS) is 32.2. The number of likely N-dealkylation sites (tertiary alicyclic amines) is 1. The summed E-state index contributed by atoms with van der Waals surface area (Å²) < 4.78 is 23.2. The smallest absolute Gasteiger partial charge is 0.326 e. The third kappa shape index (κ3) is 3.04. The van der Waals surface area contributed by atoms with E-state index >= 15 is 0 Å². The van der Waals surface area contributed by atoms with Crippen LogP contribution in [0.3, 0.4) is 0 Å². The fourth-order valence-electron chi connectivity index (χ4n) is 2.66. The van der Waals surface area contributed by atoms with Crippen LogP contribution in [0, 0.1) is 0 Å². The summed E-state index contributed by atoms with van der Waals surface area (Å²) in [6, 6.07) is -1.71. The van der Waals surface area contributed by atoms with Crippen molar-refractivity contribution >= 4 is 21.8 Å². The SMILES string of the molecule is O=C(O)[C@@H]1C[C@H](O)CN1C(=O)NCC1CCCS1(=O)=O. The van der Waals surface area contributed by atoms with E-state index in [9.17, 15) is 23.1 Å². The Bertz CT molecular complexity index is 505. The average Bonchev–Trinajstić information content (AvgIpc) is 2.89. The number of sulfone groups is 1. The van der Waals surface area contributed by atoms with Crippen LogP contribution in [0.1, 0.15) is 19.3 Å². The fraction of sp³-hybridized carbons (Fsp3) is 0.818. The van der Waals surface area contributed by atoms with Gasteiger partial charge in [-0.25, -0.2) is 18.0 Å². The Kier molecular flexibility index (Phi) is 4.19. The van der Waals surface area contributed by atoms with E-state index in [1.54, 1.807) is 0 Å². The van der Waals surface area contributed by atoms with Crippen LogP contribution in [0.2, 0.25) is 0 Å². The van der Waals surface area contributed by atoms with E-state index in [0.29, 0.717) is 12.8 Å². The summed E-state index contributed by atoms with van der Waals surface area (Å²) in [4.78, 5) is 24.0. The number of rotatable bonds is 3. The van der Waals surface area contributed by atoms with Gasteiger partial charge in [-0.15, -0.1) is 0 Å². The molecule has 1 unspecified atom stereocenters. The van der Waals surface area contributed by atoms with Gasteiger partial charge in [0.1, 0.15) is 6.04 Å². The first kappa shape index (κ1) is 15.0. The van der Waals surface area contributed by atoms with Crippen molar-refractivity contribution in [3.8, 4) is 0 Å². The zero-order valence-electron chi connectivity index (χ0n) is 10.9. The Balaban J connectivity index is 1.93. The minimum Gasteiger partial charge on any atom is -0.480 e. The molecule has 0 aliphatic carbocycles. The lowest BCUT2D eigenvalue weighted by Gasteiger charge is -2.22. The molecule has 2 amide bonds. The van der Waals surface area contributed by atoms with Crippen LogP contribution in [0.5, 0.6) is 0 Å². The molecule has 2 aliphatic heterocycles. The van der Waals surface area contributed by atoms with Gasteiger partial charge in [0.25, 0.3) is 0 Å².